The molecule has 80 valence electrons. The van der Waals surface area contributed by atoms with Crippen LogP contribution in [0.4, 0.5) is 13.2 Å². The van der Waals surface area contributed by atoms with Gasteiger partial charge >= 0.3 is 12.1 Å². The third kappa shape index (κ3) is 1.60. The van der Waals surface area contributed by atoms with Gasteiger partial charge in [0.1, 0.15) is 0 Å². The van der Waals surface area contributed by atoms with Crippen molar-refractivity contribution in [2.24, 2.45) is 5.41 Å². The molecule has 2 aliphatic rings. The Labute approximate surface area is 79.9 Å². The first-order valence-corrected chi connectivity index (χ1v) is 4.82. The summed E-state index contributed by atoms with van der Waals surface area (Å²) in [7, 11) is 0. The van der Waals surface area contributed by atoms with Crippen molar-refractivity contribution in [1.29, 1.82) is 0 Å². The SMILES string of the molecule is O=C(NC1CC12CCCC2)C(F)(F)F. The molecule has 1 N–H and O–H groups in total. The Morgan fingerprint density at radius 1 is 1.29 bits per heavy atom. The van der Waals surface area contributed by atoms with Crippen molar-refractivity contribution in [2.75, 3.05) is 0 Å². The fourth-order valence-corrected chi connectivity index (χ4v) is 2.42. The summed E-state index contributed by atoms with van der Waals surface area (Å²) >= 11 is 0. The van der Waals surface area contributed by atoms with Crippen molar-refractivity contribution in [3.8, 4) is 0 Å². The Kier molecular flexibility index (Phi) is 2.01. The summed E-state index contributed by atoms with van der Waals surface area (Å²) in [4.78, 5) is 10.6. The number of rotatable bonds is 1. The first-order chi connectivity index (χ1) is 6.44. The van der Waals surface area contributed by atoms with Crippen LogP contribution in [0.5, 0.6) is 0 Å². The molecule has 0 aromatic heterocycles. The average Bonchev–Trinajstić information content (AvgIpc) is 2.53. The zero-order chi connectivity index (χ0) is 10.4. The van der Waals surface area contributed by atoms with Crippen molar-refractivity contribution in [2.45, 2.75) is 44.3 Å². The summed E-state index contributed by atoms with van der Waals surface area (Å²) in [5.74, 6) is -1.79. The minimum absolute atomic E-state index is 0.0287. The summed E-state index contributed by atoms with van der Waals surface area (Å²) in [5.41, 5.74) is 0.0287. The maximum Gasteiger partial charge on any atom is 0.471 e. The van der Waals surface area contributed by atoms with E-state index in [4.69, 9.17) is 0 Å². The van der Waals surface area contributed by atoms with Crippen LogP contribution in [0.25, 0.3) is 0 Å². The van der Waals surface area contributed by atoms with Crippen LogP contribution in [0.2, 0.25) is 0 Å². The van der Waals surface area contributed by atoms with Crippen LogP contribution in [0.3, 0.4) is 0 Å². The van der Waals surface area contributed by atoms with E-state index < -0.39 is 12.1 Å². The predicted octanol–water partition coefficient (Wildman–Crippen LogP) is 2.00. The molecule has 0 aromatic carbocycles. The Morgan fingerprint density at radius 3 is 2.36 bits per heavy atom. The molecule has 1 amide bonds. The van der Waals surface area contributed by atoms with Crippen molar-refractivity contribution < 1.29 is 18.0 Å². The van der Waals surface area contributed by atoms with E-state index in [9.17, 15) is 18.0 Å². The second-order valence-electron chi connectivity index (χ2n) is 4.30. The standard InChI is InChI=1S/C9H12F3NO/c10-9(11,12)7(14)13-6-5-8(6)3-1-2-4-8/h6H,1-5H2,(H,13,14). The Bertz CT molecular complexity index is 255. The van der Waals surface area contributed by atoms with E-state index in [1.165, 1.54) is 0 Å². The van der Waals surface area contributed by atoms with Gasteiger partial charge in [0.15, 0.2) is 0 Å². The van der Waals surface area contributed by atoms with Crippen LogP contribution in [0, 0.1) is 5.41 Å². The minimum atomic E-state index is -4.73. The fraction of sp³-hybridized carbons (Fsp3) is 0.889. The molecule has 1 spiro atoms. The van der Waals surface area contributed by atoms with Gasteiger partial charge in [0.2, 0.25) is 0 Å². The van der Waals surface area contributed by atoms with Gasteiger partial charge in [-0.1, -0.05) is 12.8 Å². The lowest BCUT2D eigenvalue weighted by atomic mass is 10.1. The molecule has 0 radical (unpaired) electrons. The second kappa shape index (κ2) is 2.87. The number of hydrogen-bond donors (Lipinski definition) is 1. The van der Waals surface area contributed by atoms with Crippen molar-refractivity contribution in [1.82, 2.24) is 5.32 Å². The molecule has 1 unspecified atom stereocenters. The lowest BCUT2D eigenvalue weighted by Crippen LogP contribution is -2.39. The van der Waals surface area contributed by atoms with E-state index in [0.717, 1.165) is 32.1 Å². The highest BCUT2D eigenvalue weighted by molar-refractivity contribution is 5.82. The van der Waals surface area contributed by atoms with Gasteiger partial charge < -0.3 is 5.32 Å². The summed E-state index contributed by atoms with van der Waals surface area (Å²) in [5, 5.41) is 2.06. The molecule has 2 nitrogen and oxygen atoms in total. The van der Waals surface area contributed by atoms with E-state index in [2.05, 4.69) is 5.32 Å². The van der Waals surface area contributed by atoms with Crippen LogP contribution in [0.1, 0.15) is 32.1 Å². The van der Waals surface area contributed by atoms with Crippen molar-refractivity contribution in [3.05, 3.63) is 0 Å². The molecule has 1 atom stereocenters. The van der Waals surface area contributed by atoms with Gasteiger partial charge in [-0.05, 0) is 24.7 Å². The number of amides is 1. The molecule has 0 saturated heterocycles. The molecule has 2 rings (SSSR count). The van der Waals surface area contributed by atoms with Crippen molar-refractivity contribution >= 4 is 5.91 Å². The second-order valence-corrected chi connectivity index (χ2v) is 4.30. The smallest absolute Gasteiger partial charge is 0.345 e. The highest BCUT2D eigenvalue weighted by Crippen LogP contribution is 2.57. The van der Waals surface area contributed by atoms with Crippen molar-refractivity contribution in [3.63, 3.8) is 0 Å². The summed E-state index contributed by atoms with van der Waals surface area (Å²) < 4.78 is 35.7. The number of halogens is 3. The molecule has 0 aromatic rings. The maximum atomic E-state index is 11.9. The lowest BCUT2D eigenvalue weighted by molar-refractivity contribution is -0.173. The molecule has 2 fully saturated rings. The number of nitrogens with one attached hydrogen (secondary N) is 1. The molecule has 5 heteroatoms. The third-order valence-corrected chi connectivity index (χ3v) is 3.35. The first-order valence-electron chi connectivity index (χ1n) is 4.82. The quantitative estimate of drug-likeness (QED) is 0.700. The Hall–Kier alpha value is -0.740. The van der Waals surface area contributed by atoms with Gasteiger partial charge in [0.25, 0.3) is 0 Å². The molecular formula is C9H12F3NO. The Balaban J connectivity index is 1.87. The van der Waals surface area contributed by atoms with Gasteiger partial charge in [-0.15, -0.1) is 0 Å². The van der Waals surface area contributed by atoms with E-state index in [1.54, 1.807) is 0 Å². The van der Waals surface area contributed by atoms with E-state index in [1.807, 2.05) is 0 Å². The van der Waals surface area contributed by atoms with Gasteiger partial charge in [0, 0.05) is 6.04 Å². The largest absolute Gasteiger partial charge is 0.471 e. The number of hydrogen-bond acceptors (Lipinski definition) is 1. The number of carbonyl (C=O) groups is 1. The first kappa shape index (κ1) is 9.80. The summed E-state index contributed by atoms with van der Waals surface area (Å²) in [6.07, 6.45) is 0.0968. The van der Waals surface area contributed by atoms with Gasteiger partial charge in [-0.3, -0.25) is 4.79 Å². The number of carbonyl (C=O) groups excluding carboxylic acids is 1. The van der Waals surface area contributed by atoms with E-state index >= 15 is 0 Å². The van der Waals surface area contributed by atoms with Crippen LogP contribution in [-0.2, 0) is 4.79 Å². The molecule has 2 aliphatic carbocycles. The number of alkyl halides is 3. The topological polar surface area (TPSA) is 29.1 Å². The molecule has 2 saturated carbocycles. The highest BCUT2D eigenvalue weighted by Gasteiger charge is 2.57. The molecule has 0 bridgehead atoms. The highest BCUT2D eigenvalue weighted by atomic mass is 19.4. The van der Waals surface area contributed by atoms with Gasteiger partial charge in [-0.25, -0.2) is 0 Å². The zero-order valence-electron chi connectivity index (χ0n) is 7.66. The summed E-state index contributed by atoms with van der Waals surface area (Å²) in [6.45, 7) is 0. The molecule has 0 aliphatic heterocycles. The molecular weight excluding hydrogens is 195 g/mol. The van der Waals surface area contributed by atoms with Gasteiger partial charge in [-0.2, -0.15) is 13.2 Å². The van der Waals surface area contributed by atoms with Crippen LogP contribution in [0.15, 0.2) is 0 Å². The summed E-state index contributed by atoms with van der Waals surface area (Å²) in [6, 6.07) is -0.223. The zero-order valence-corrected chi connectivity index (χ0v) is 7.66. The minimum Gasteiger partial charge on any atom is -0.345 e. The van der Waals surface area contributed by atoms with Gasteiger partial charge in [0.05, 0.1) is 0 Å². The van der Waals surface area contributed by atoms with E-state index in [-0.39, 0.29) is 11.5 Å². The Morgan fingerprint density at radius 2 is 1.86 bits per heavy atom. The normalized spacial score (nSPS) is 29.2. The van der Waals surface area contributed by atoms with Crippen LogP contribution >= 0.6 is 0 Å². The molecule has 0 heterocycles. The lowest BCUT2D eigenvalue weighted by Gasteiger charge is -2.11. The van der Waals surface area contributed by atoms with E-state index in [0.29, 0.717) is 0 Å². The third-order valence-electron chi connectivity index (χ3n) is 3.35. The maximum absolute atomic E-state index is 11.9. The monoisotopic (exact) mass is 207 g/mol. The average molecular weight is 207 g/mol. The van der Waals surface area contributed by atoms with Crippen LogP contribution in [-0.4, -0.2) is 18.1 Å². The predicted molar refractivity (Wildman–Crippen MR) is 43.5 cm³/mol. The fourth-order valence-electron chi connectivity index (χ4n) is 2.42. The van der Waals surface area contributed by atoms with Crippen LogP contribution < -0.4 is 5.32 Å². The molecule has 14 heavy (non-hydrogen) atoms.